The van der Waals surface area contributed by atoms with Gasteiger partial charge in [0.25, 0.3) is 0 Å². The van der Waals surface area contributed by atoms with Crippen LogP contribution in [-0.2, 0) is 16.4 Å². The van der Waals surface area contributed by atoms with E-state index in [9.17, 15) is 12.8 Å². The minimum absolute atomic E-state index is 0.0791. The highest BCUT2D eigenvalue weighted by Gasteiger charge is 2.23. The molecule has 0 saturated carbocycles. The molecule has 0 atom stereocenters. The van der Waals surface area contributed by atoms with Gasteiger partial charge in [0.1, 0.15) is 5.82 Å². The predicted molar refractivity (Wildman–Crippen MR) is 84.4 cm³/mol. The van der Waals surface area contributed by atoms with Crippen LogP contribution in [0.2, 0.25) is 0 Å². The second kappa shape index (κ2) is 7.49. The van der Waals surface area contributed by atoms with E-state index in [1.807, 2.05) is 30.3 Å². The van der Waals surface area contributed by atoms with E-state index >= 15 is 0 Å². The molecule has 0 unspecified atom stereocenters. The third kappa shape index (κ3) is 4.13. The summed E-state index contributed by atoms with van der Waals surface area (Å²) in [5.74, 6) is -0.464. The van der Waals surface area contributed by atoms with Crippen molar-refractivity contribution in [2.24, 2.45) is 5.73 Å². The predicted octanol–water partition coefficient (Wildman–Crippen LogP) is 2.02. The van der Waals surface area contributed by atoms with E-state index in [-0.39, 0.29) is 18.0 Å². The number of hydrogen-bond donors (Lipinski definition) is 1. The molecule has 118 valence electrons. The lowest BCUT2D eigenvalue weighted by Crippen LogP contribution is -2.36. The molecule has 4 nitrogen and oxygen atoms in total. The fourth-order valence-electron chi connectivity index (χ4n) is 2.15. The van der Waals surface area contributed by atoms with Crippen LogP contribution in [0.25, 0.3) is 0 Å². The average Bonchev–Trinajstić information content (AvgIpc) is 2.52. The van der Waals surface area contributed by atoms with Crippen molar-refractivity contribution in [3.05, 3.63) is 66.0 Å². The Labute approximate surface area is 130 Å². The molecule has 0 radical (unpaired) electrons. The van der Waals surface area contributed by atoms with Crippen molar-refractivity contribution in [1.82, 2.24) is 4.31 Å². The van der Waals surface area contributed by atoms with Crippen molar-refractivity contribution in [2.45, 2.75) is 11.3 Å². The van der Waals surface area contributed by atoms with Crippen LogP contribution in [-0.4, -0.2) is 32.4 Å². The Morgan fingerprint density at radius 1 is 0.955 bits per heavy atom. The first-order valence-corrected chi connectivity index (χ1v) is 8.48. The number of halogens is 1. The zero-order valence-electron chi connectivity index (χ0n) is 12.2. The van der Waals surface area contributed by atoms with Gasteiger partial charge in [-0.15, -0.1) is 0 Å². The summed E-state index contributed by atoms with van der Waals surface area (Å²) in [7, 11) is -3.66. The van der Waals surface area contributed by atoms with Gasteiger partial charge in [-0.2, -0.15) is 4.31 Å². The molecule has 0 saturated heterocycles. The van der Waals surface area contributed by atoms with Crippen molar-refractivity contribution < 1.29 is 12.8 Å². The van der Waals surface area contributed by atoms with Gasteiger partial charge >= 0.3 is 0 Å². The number of rotatable bonds is 7. The monoisotopic (exact) mass is 322 g/mol. The summed E-state index contributed by atoms with van der Waals surface area (Å²) >= 11 is 0. The lowest BCUT2D eigenvalue weighted by molar-refractivity contribution is 0.421. The first-order chi connectivity index (χ1) is 10.5. The quantitative estimate of drug-likeness (QED) is 0.848. The van der Waals surface area contributed by atoms with Crippen molar-refractivity contribution in [1.29, 1.82) is 0 Å². The molecule has 2 aromatic rings. The van der Waals surface area contributed by atoms with E-state index in [0.29, 0.717) is 13.0 Å². The summed E-state index contributed by atoms with van der Waals surface area (Å²) in [6, 6.07) is 14.5. The zero-order valence-corrected chi connectivity index (χ0v) is 13.0. The SMILES string of the molecule is NCCN(CCc1ccccc1)S(=O)(=O)c1ccc(F)cc1. The van der Waals surface area contributed by atoms with E-state index in [1.165, 1.54) is 16.4 Å². The van der Waals surface area contributed by atoms with Gasteiger partial charge in [0.2, 0.25) is 10.0 Å². The Hall–Kier alpha value is -1.76. The first-order valence-electron chi connectivity index (χ1n) is 7.04. The normalized spacial score (nSPS) is 11.8. The molecule has 0 amide bonds. The maximum absolute atomic E-state index is 13.0. The molecule has 0 aromatic heterocycles. The largest absolute Gasteiger partial charge is 0.329 e. The van der Waals surface area contributed by atoms with Gasteiger partial charge in [0, 0.05) is 19.6 Å². The maximum Gasteiger partial charge on any atom is 0.243 e. The second-order valence-electron chi connectivity index (χ2n) is 4.88. The summed E-state index contributed by atoms with van der Waals surface area (Å²) in [5, 5.41) is 0. The van der Waals surface area contributed by atoms with E-state index in [2.05, 4.69) is 0 Å². The summed E-state index contributed by atoms with van der Waals surface area (Å²) in [4.78, 5) is 0.0791. The van der Waals surface area contributed by atoms with Crippen molar-refractivity contribution in [3.63, 3.8) is 0 Å². The van der Waals surface area contributed by atoms with Crippen LogP contribution >= 0.6 is 0 Å². The highest BCUT2D eigenvalue weighted by atomic mass is 32.2. The third-order valence-corrected chi connectivity index (χ3v) is 5.24. The summed E-state index contributed by atoms with van der Waals surface area (Å²) in [5.41, 5.74) is 6.59. The molecule has 2 N–H and O–H groups in total. The van der Waals surface area contributed by atoms with Crippen molar-refractivity contribution in [2.75, 3.05) is 19.6 Å². The number of benzene rings is 2. The number of nitrogens with zero attached hydrogens (tertiary/aromatic N) is 1. The molecule has 0 fully saturated rings. The van der Waals surface area contributed by atoms with Crippen LogP contribution in [0.3, 0.4) is 0 Å². The average molecular weight is 322 g/mol. The molecule has 0 aliphatic carbocycles. The first kappa shape index (κ1) is 16.6. The van der Waals surface area contributed by atoms with Crippen molar-refractivity contribution in [3.8, 4) is 0 Å². The molecule has 0 aliphatic heterocycles. The third-order valence-electron chi connectivity index (χ3n) is 3.32. The van der Waals surface area contributed by atoms with Gasteiger partial charge in [-0.05, 0) is 36.2 Å². The van der Waals surface area contributed by atoms with Crippen LogP contribution in [0.15, 0.2) is 59.5 Å². The molecule has 6 heteroatoms. The lowest BCUT2D eigenvalue weighted by atomic mass is 10.1. The number of sulfonamides is 1. The minimum Gasteiger partial charge on any atom is -0.329 e. The molecule has 0 heterocycles. The second-order valence-corrected chi connectivity index (χ2v) is 6.82. The minimum atomic E-state index is -3.66. The fraction of sp³-hybridized carbons (Fsp3) is 0.250. The van der Waals surface area contributed by atoms with Gasteiger partial charge in [0.15, 0.2) is 0 Å². The zero-order chi connectivity index (χ0) is 16.0. The van der Waals surface area contributed by atoms with E-state index < -0.39 is 15.8 Å². The van der Waals surface area contributed by atoms with Crippen LogP contribution in [0, 0.1) is 5.82 Å². The summed E-state index contributed by atoms with van der Waals surface area (Å²) in [6.07, 6.45) is 0.598. The Balaban J connectivity index is 2.17. The van der Waals surface area contributed by atoms with Crippen LogP contribution < -0.4 is 5.73 Å². The molecule has 0 aliphatic rings. The van der Waals surface area contributed by atoms with Gasteiger partial charge in [0.05, 0.1) is 4.90 Å². The summed E-state index contributed by atoms with van der Waals surface area (Å²) in [6.45, 7) is 0.794. The van der Waals surface area contributed by atoms with E-state index in [1.54, 1.807) is 0 Å². The van der Waals surface area contributed by atoms with Gasteiger partial charge in [-0.25, -0.2) is 12.8 Å². The Kier molecular flexibility index (Phi) is 5.65. The van der Waals surface area contributed by atoms with E-state index in [4.69, 9.17) is 5.73 Å². The maximum atomic E-state index is 13.0. The molecular formula is C16H19FN2O2S. The number of nitrogens with two attached hydrogens (primary N) is 1. The van der Waals surface area contributed by atoms with Crippen LogP contribution in [0.1, 0.15) is 5.56 Å². The molecule has 2 aromatic carbocycles. The molecular weight excluding hydrogens is 303 g/mol. The highest BCUT2D eigenvalue weighted by molar-refractivity contribution is 7.89. The summed E-state index contributed by atoms with van der Waals surface area (Å²) < 4.78 is 39.5. The smallest absolute Gasteiger partial charge is 0.243 e. The Bertz CT molecular complexity index is 688. The topological polar surface area (TPSA) is 63.4 Å². The molecule has 22 heavy (non-hydrogen) atoms. The fourth-order valence-corrected chi connectivity index (χ4v) is 3.61. The highest BCUT2D eigenvalue weighted by Crippen LogP contribution is 2.16. The standard InChI is InChI=1S/C16H19FN2O2S/c17-15-6-8-16(9-7-15)22(20,21)19(13-11-18)12-10-14-4-2-1-3-5-14/h1-9H,10-13,18H2. The molecule has 0 bridgehead atoms. The van der Waals surface area contributed by atoms with Gasteiger partial charge in [-0.1, -0.05) is 30.3 Å². The van der Waals surface area contributed by atoms with Gasteiger partial charge < -0.3 is 5.73 Å². The van der Waals surface area contributed by atoms with Crippen LogP contribution in [0.5, 0.6) is 0 Å². The van der Waals surface area contributed by atoms with E-state index in [0.717, 1.165) is 17.7 Å². The lowest BCUT2D eigenvalue weighted by Gasteiger charge is -2.21. The van der Waals surface area contributed by atoms with Gasteiger partial charge in [-0.3, -0.25) is 0 Å². The number of hydrogen-bond acceptors (Lipinski definition) is 3. The molecule has 2 rings (SSSR count). The Morgan fingerprint density at radius 2 is 1.59 bits per heavy atom. The van der Waals surface area contributed by atoms with Crippen LogP contribution in [0.4, 0.5) is 4.39 Å². The Morgan fingerprint density at radius 3 is 2.18 bits per heavy atom. The van der Waals surface area contributed by atoms with Crippen molar-refractivity contribution >= 4 is 10.0 Å². The molecule has 0 spiro atoms.